The van der Waals surface area contributed by atoms with Crippen LogP contribution in [0.1, 0.15) is 5.56 Å². The number of carbonyl (C=O) groups is 1. The van der Waals surface area contributed by atoms with E-state index in [1.54, 1.807) is 36.4 Å². The number of aromatic nitrogens is 3. The summed E-state index contributed by atoms with van der Waals surface area (Å²) < 4.78 is 19.0. The number of ether oxygens (including phenoxy) is 1. The maximum Gasteiger partial charge on any atom is 0.412 e. The molecule has 0 aliphatic heterocycles. The predicted molar refractivity (Wildman–Crippen MR) is 116 cm³/mol. The van der Waals surface area contributed by atoms with Crippen LogP contribution in [0.2, 0.25) is 5.02 Å². The first-order valence-electron chi connectivity index (χ1n) is 9.15. The summed E-state index contributed by atoms with van der Waals surface area (Å²) in [4.78, 5) is 23.6. The molecule has 0 unspecified atom stereocenters. The Hall–Kier alpha value is -3.85. The van der Waals surface area contributed by atoms with E-state index in [0.29, 0.717) is 44.7 Å². The third-order valence-electron chi connectivity index (χ3n) is 4.53. The van der Waals surface area contributed by atoms with Crippen LogP contribution in [0.5, 0.6) is 5.75 Å². The predicted octanol–water partition coefficient (Wildman–Crippen LogP) is 5.19. The second-order valence-corrected chi connectivity index (χ2v) is 7.07. The summed E-state index contributed by atoms with van der Waals surface area (Å²) in [7, 11) is 1.43. The number of rotatable bonds is 6. The van der Waals surface area contributed by atoms with Gasteiger partial charge < -0.3 is 20.1 Å². The Balaban J connectivity index is 1.52. The average Bonchev–Trinajstić information content (AvgIpc) is 3.18. The highest BCUT2D eigenvalue weighted by atomic mass is 35.5. The molecule has 0 aliphatic carbocycles. The standard InChI is InChI=1S/C21H17ClFN5O3/c1-28(21(29)30)18-9-16-19(27-18)20(25-11-24-16)26-14-5-6-17(15(22)8-14)31-10-12-3-2-4-13(23)7-12/h2-9,11,27H,10H2,1H3,(H,29,30)(H,24,25,26). The second kappa shape index (κ2) is 8.49. The molecule has 10 heteroatoms. The largest absolute Gasteiger partial charge is 0.487 e. The number of halogens is 2. The third kappa shape index (κ3) is 4.51. The molecule has 1 amide bonds. The fourth-order valence-electron chi connectivity index (χ4n) is 2.92. The van der Waals surface area contributed by atoms with Crippen molar-refractivity contribution in [3.63, 3.8) is 0 Å². The van der Waals surface area contributed by atoms with Gasteiger partial charge >= 0.3 is 6.09 Å². The third-order valence-corrected chi connectivity index (χ3v) is 4.82. The minimum absolute atomic E-state index is 0.180. The zero-order chi connectivity index (χ0) is 22.0. The van der Waals surface area contributed by atoms with E-state index in [-0.39, 0.29) is 12.4 Å². The van der Waals surface area contributed by atoms with Gasteiger partial charge in [-0.1, -0.05) is 23.7 Å². The summed E-state index contributed by atoms with van der Waals surface area (Å²) in [6.45, 7) is 0.180. The Bertz CT molecular complexity index is 1260. The number of hydrogen-bond donors (Lipinski definition) is 3. The summed E-state index contributed by atoms with van der Waals surface area (Å²) in [5.74, 6) is 0.948. The Kier molecular flexibility index (Phi) is 5.59. The minimum Gasteiger partial charge on any atom is -0.487 e. The lowest BCUT2D eigenvalue weighted by Gasteiger charge is -2.11. The summed E-state index contributed by atoms with van der Waals surface area (Å²) in [6, 6.07) is 12.9. The maximum atomic E-state index is 13.3. The quantitative estimate of drug-likeness (QED) is 0.380. The van der Waals surface area contributed by atoms with Gasteiger partial charge in [0.05, 0.1) is 10.5 Å². The molecule has 0 atom stereocenters. The lowest BCUT2D eigenvalue weighted by molar-refractivity contribution is 0.203. The molecule has 2 aromatic carbocycles. The number of anilines is 3. The number of aromatic amines is 1. The lowest BCUT2D eigenvalue weighted by Crippen LogP contribution is -2.23. The zero-order valence-electron chi connectivity index (χ0n) is 16.3. The fraction of sp³-hybridized carbons (Fsp3) is 0.0952. The van der Waals surface area contributed by atoms with Gasteiger partial charge in [0, 0.05) is 18.8 Å². The Labute approximate surface area is 181 Å². The van der Waals surface area contributed by atoms with Gasteiger partial charge in [-0.05, 0) is 35.9 Å². The average molecular weight is 442 g/mol. The molecule has 2 aromatic heterocycles. The van der Waals surface area contributed by atoms with Crippen LogP contribution in [-0.4, -0.2) is 33.2 Å². The summed E-state index contributed by atoms with van der Waals surface area (Å²) in [5, 5.41) is 12.7. The zero-order valence-corrected chi connectivity index (χ0v) is 17.0. The van der Waals surface area contributed by atoms with Crippen LogP contribution in [-0.2, 0) is 6.61 Å². The Morgan fingerprint density at radius 1 is 1.26 bits per heavy atom. The van der Waals surface area contributed by atoms with E-state index in [4.69, 9.17) is 21.4 Å². The molecule has 0 aliphatic rings. The number of nitrogens with zero attached hydrogens (tertiary/aromatic N) is 3. The first kappa shape index (κ1) is 20.4. The lowest BCUT2D eigenvalue weighted by atomic mass is 10.2. The van der Waals surface area contributed by atoms with Crippen LogP contribution in [0.25, 0.3) is 11.0 Å². The molecule has 0 bridgehead atoms. The monoisotopic (exact) mass is 441 g/mol. The molecule has 3 N–H and O–H groups in total. The van der Waals surface area contributed by atoms with Crippen molar-refractivity contribution in [2.45, 2.75) is 6.61 Å². The highest BCUT2D eigenvalue weighted by molar-refractivity contribution is 6.32. The van der Waals surface area contributed by atoms with Gasteiger partial charge in [0.15, 0.2) is 5.82 Å². The van der Waals surface area contributed by atoms with Crippen LogP contribution >= 0.6 is 11.6 Å². The number of nitrogens with one attached hydrogen (secondary N) is 2. The number of carboxylic acid groups (broad SMARTS) is 1. The fourth-order valence-corrected chi connectivity index (χ4v) is 3.16. The van der Waals surface area contributed by atoms with Crippen LogP contribution in [0, 0.1) is 5.82 Å². The van der Waals surface area contributed by atoms with E-state index in [9.17, 15) is 9.18 Å². The SMILES string of the molecule is CN(C(=O)O)c1cc2ncnc(Nc3ccc(OCc4cccc(F)c4)c(Cl)c3)c2[nH]1. The van der Waals surface area contributed by atoms with Gasteiger partial charge in [0.1, 0.15) is 35.8 Å². The van der Waals surface area contributed by atoms with Crippen LogP contribution in [0.4, 0.5) is 26.5 Å². The normalized spacial score (nSPS) is 10.8. The topological polar surface area (TPSA) is 103 Å². The molecular formula is C21H17ClFN5O3. The Morgan fingerprint density at radius 3 is 2.84 bits per heavy atom. The number of H-pyrrole nitrogens is 1. The van der Waals surface area contributed by atoms with E-state index in [1.165, 1.54) is 25.5 Å². The molecule has 2 heterocycles. The van der Waals surface area contributed by atoms with Crippen LogP contribution in [0.15, 0.2) is 54.9 Å². The van der Waals surface area contributed by atoms with Crippen molar-refractivity contribution in [3.8, 4) is 5.75 Å². The van der Waals surface area contributed by atoms with Crippen molar-refractivity contribution >= 4 is 46.1 Å². The van der Waals surface area contributed by atoms with Crippen LogP contribution < -0.4 is 15.0 Å². The van der Waals surface area contributed by atoms with Gasteiger partial charge in [0.25, 0.3) is 0 Å². The van der Waals surface area contributed by atoms with Crippen molar-refractivity contribution in [1.82, 2.24) is 15.0 Å². The molecule has 8 nitrogen and oxygen atoms in total. The van der Waals surface area contributed by atoms with E-state index < -0.39 is 6.09 Å². The first-order valence-corrected chi connectivity index (χ1v) is 9.52. The molecule has 0 saturated heterocycles. The second-order valence-electron chi connectivity index (χ2n) is 6.67. The summed E-state index contributed by atoms with van der Waals surface area (Å²) >= 11 is 6.34. The highest BCUT2D eigenvalue weighted by Gasteiger charge is 2.15. The van der Waals surface area contributed by atoms with E-state index in [2.05, 4.69) is 20.3 Å². The smallest absolute Gasteiger partial charge is 0.412 e. The molecule has 0 fully saturated rings. The van der Waals surface area contributed by atoms with Gasteiger partial charge in [-0.25, -0.2) is 19.2 Å². The summed E-state index contributed by atoms with van der Waals surface area (Å²) in [6.07, 6.45) is 0.274. The summed E-state index contributed by atoms with van der Waals surface area (Å²) in [5.41, 5.74) is 2.44. The molecule has 0 saturated carbocycles. The molecule has 158 valence electrons. The molecule has 0 spiro atoms. The van der Waals surface area contributed by atoms with Crippen molar-refractivity contribution in [1.29, 1.82) is 0 Å². The number of hydrogen-bond acceptors (Lipinski definition) is 5. The van der Waals surface area contributed by atoms with E-state index in [0.717, 1.165) is 4.90 Å². The number of benzene rings is 2. The Morgan fingerprint density at radius 2 is 2.10 bits per heavy atom. The molecule has 4 rings (SSSR count). The number of amides is 1. The van der Waals surface area contributed by atoms with Gasteiger partial charge in [-0.15, -0.1) is 0 Å². The molecule has 4 aromatic rings. The van der Waals surface area contributed by atoms with Crippen molar-refractivity contribution in [2.24, 2.45) is 0 Å². The number of fused-ring (bicyclic) bond motifs is 1. The highest BCUT2D eigenvalue weighted by Crippen LogP contribution is 2.31. The van der Waals surface area contributed by atoms with E-state index >= 15 is 0 Å². The maximum absolute atomic E-state index is 13.3. The first-order chi connectivity index (χ1) is 14.9. The van der Waals surface area contributed by atoms with Crippen LogP contribution in [0.3, 0.4) is 0 Å². The van der Waals surface area contributed by atoms with Gasteiger partial charge in [0.2, 0.25) is 0 Å². The molecule has 0 radical (unpaired) electrons. The minimum atomic E-state index is -1.10. The van der Waals surface area contributed by atoms with E-state index in [1.807, 2.05) is 0 Å². The molecular weight excluding hydrogens is 425 g/mol. The van der Waals surface area contributed by atoms with Gasteiger partial charge in [-0.2, -0.15) is 0 Å². The molecule has 31 heavy (non-hydrogen) atoms. The van der Waals surface area contributed by atoms with Gasteiger partial charge in [-0.3, -0.25) is 4.90 Å². The van der Waals surface area contributed by atoms with Crippen molar-refractivity contribution < 1.29 is 19.0 Å². The van der Waals surface area contributed by atoms with Crippen molar-refractivity contribution in [2.75, 3.05) is 17.3 Å². The van der Waals surface area contributed by atoms with Crippen molar-refractivity contribution in [3.05, 3.63) is 71.3 Å².